The highest BCUT2D eigenvalue weighted by molar-refractivity contribution is 5.91. The fourth-order valence-electron chi connectivity index (χ4n) is 1.09. The molecule has 0 aliphatic rings. The van der Waals surface area contributed by atoms with Crippen LogP contribution in [0.4, 0.5) is 18.9 Å². The minimum Gasteiger partial charge on any atom is -0.476 e. The van der Waals surface area contributed by atoms with Gasteiger partial charge in [-0.3, -0.25) is 0 Å². The van der Waals surface area contributed by atoms with Gasteiger partial charge in [-0.05, 0) is 18.6 Å². The molecule has 3 N–H and O–H groups in total. The number of halogens is 3. The Kier molecular flexibility index (Phi) is 2.57. The smallest absolute Gasteiger partial charge is 0.433 e. The van der Waals surface area contributed by atoms with Gasteiger partial charge in [0, 0.05) is 0 Å². The van der Waals surface area contributed by atoms with Crippen LogP contribution >= 0.6 is 0 Å². The minimum atomic E-state index is -4.68. The number of anilines is 1. The molecule has 82 valence electrons. The lowest BCUT2D eigenvalue weighted by Gasteiger charge is -2.10. The van der Waals surface area contributed by atoms with E-state index in [1.165, 1.54) is 0 Å². The van der Waals surface area contributed by atoms with Crippen molar-refractivity contribution < 1.29 is 23.1 Å². The van der Waals surface area contributed by atoms with Crippen LogP contribution in [0.3, 0.4) is 0 Å². The van der Waals surface area contributed by atoms with Crippen LogP contribution in [-0.2, 0) is 6.18 Å². The maximum atomic E-state index is 12.3. The molecule has 0 spiro atoms. The standard InChI is InChI=1S/C8H7F3N2O2/c1-3-2-4(12)5(7(14)15)13-6(3)8(9,10)11/h2H,12H2,1H3,(H,14,15). The summed E-state index contributed by atoms with van der Waals surface area (Å²) in [5.41, 5.74) is 2.72. The molecule has 0 fully saturated rings. The van der Waals surface area contributed by atoms with Crippen LogP contribution in [0, 0.1) is 6.92 Å². The number of pyridine rings is 1. The van der Waals surface area contributed by atoms with Crippen molar-refractivity contribution in [2.45, 2.75) is 13.1 Å². The summed E-state index contributed by atoms with van der Waals surface area (Å²) in [6.45, 7) is 1.16. The number of aromatic nitrogens is 1. The number of nitrogen functional groups attached to an aromatic ring is 1. The second-order valence-electron chi connectivity index (χ2n) is 2.89. The first kappa shape index (κ1) is 11.3. The van der Waals surface area contributed by atoms with Crippen LogP contribution in [0.15, 0.2) is 6.07 Å². The van der Waals surface area contributed by atoms with E-state index in [1.54, 1.807) is 0 Å². The van der Waals surface area contributed by atoms with Gasteiger partial charge in [0.25, 0.3) is 0 Å². The number of carboxylic acid groups (broad SMARTS) is 1. The number of nitrogens with two attached hydrogens (primary N) is 1. The van der Waals surface area contributed by atoms with E-state index in [2.05, 4.69) is 4.98 Å². The average Bonchev–Trinajstić information content (AvgIpc) is 2.00. The van der Waals surface area contributed by atoms with E-state index in [-0.39, 0.29) is 11.3 Å². The van der Waals surface area contributed by atoms with Crippen LogP contribution < -0.4 is 5.73 Å². The SMILES string of the molecule is Cc1cc(N)c(C(=O)O)nc1C(F)(F)F. The topological polar surface area (TPSA) is 76.2 Å². The van der Waals surface area contributed by atoms with Crippen molar-refractivity contribution in [1.29, 1.82) is 0 Å². The van der Waals surface area contributed by atoms with Gasteiger partial charge < -0.3 is 10.8 Å². The maximum absolute atomic E-state index is 12.3. The lowest BCUT2D eigenvalue weighted by molar-refractivity contribution is -0.141. The first-order valence-corrected chi connectivity index (χ1v) is 3.81. The molecule has 0 amide bonds. The zero-order valence-electron chi connectivity index (χ0n) is 7.59. The van der Waals surface area contributed by atoms with Gasteiger partial charge in [0.1, 0.15) is 5.69 Å². The van der Waals surface area contributed by atoms with E-state index >= 15 is 0 Å². The second kappa shape index (κ2) is 3.41. The Bertz CT molecular complexity index is 415. The first-order valence-electron chi connectivity index (χ1n) is 3.81. The van der Waals surface area contributed by atoms with Crippen LogP contribution in [0.2, 0.25) is 0 Å². The monoisotopic (exact) mass is 220 g/mol. The third-order valence-corrected chi connectivity index (χ3v) is 1.71. The Balaban J connectivity index is 3.43. The highest BCUT2D eigenvalue weighted by Crippen LogP contribution is 2.31. The molecule has 0 aliphatic carbocycles. The van der Waals surface area contributed by atoms with Crippen LogP contribution in [0.5, 0.6) is 0 Å². The molecule has 0 atom stereocenters. The van der Waals surface area contributed by atoms with Gasteiger partial charge in [-0.25, -0.2) is 9.78 Å². The molecule has 15 heavy (non-hydrogen) atoms. The lowest BCUT2D eigenvalue weighted by Crippen LogP contribution is -2.15. The van der Waals surface area contributed by atoms with Crippen molar-refractivity contribution in [2.75, 3.05) is 5.73 Å². The Morgan fingerprint density at radius 3 is 2.47 bits per heavy atom. The van der Waals surface area contributed by atoms with E-state index in [0.29, 0.717) is 0 Å². The predicted octanol–water partition coefficient (Wildman–Crippen LogP) is 1.69. The Labute approximate surface area is 82.5 Å². The molecule has 0 unspecified atom stereocenters. The van der Waals surface area contributed by atoms with Gasteiger partial charge in [0.15, 0.2) is 5.69 Å². The number of carboxylic acids is 1. The van der Waals surface area contributed by atoms with Crippen molar-refractivity contribution in [2.24, 2.45) is 0 Å². The van der Waals surface area contributed by atoms with Gasteiger partial charge in [-0.15, -0.1) is 0 Å². The van der Waals surface area contributed by atoms with Crippen molar-refractivity contribution in [3.05, 3.63) is 23.0 Å². The number of alkyl halides is 3. The zero-order valence-corrected chi connectivity index (χ0v) is 7.59. The first-order chi connectivity index (χ1) is 6.73. The molecular weight excluding hydrogens is 213 g/mol. The number of rotatable bonds is 1. The summed E-state index contributed by atoms with van der Waals surface area (Å²) in [6.07, 6.45) is -4.68. The predicted molar refractivity (Wildman–Crippen MR) is 45.3 cm³/mol. The van der Waals surface area contributed by atoms with Crippen LogP contribution in [0.1, 0.15) is 21.7 Å². The lowest BCUT2D eigenvalue weighted by atomic mass is 10.1. The summed E-state index contributed by atoms with van der Waals surface area (Å²) in [7, 11) is 0. The van der Waals surface area contributed by atoms with Crippen molar-refractivity contribution in [3.8, 4) is 0 Å². The summed E-state index contributed by atoms with van der Waals surface area (Å²) in [5.74, 6) is -1.59. The third-order valence-electron chi connectivity index (χ3n) is 1.71. The maximum Gasteiger partial charge on any atom is 0.433 e. The Morgan fingerprint density at radius 1 is 1.53 bits per heavy atom. The quantitative estimate of drug-likeness (QED) is 0.755. The van der Waals surface area contributed by atoms with Gasteiger partial charge in [-0.2, -0.15) is 13.2 Å². The molecule has 0 saturated carbocycles. The van der Waals surface area contributed by atoms with Gasteiger partial charge in [0.05, 0.1) is 5.69 Å². The molecule has 0 radical (unpaired) electrons. The van der Waals surface area contributed by atoms with Crippen molar-refractivity contribution in [1.82, 2.24) is 4.98 Å². The summed E-state index contributed by atoms with van der Waals surface area (Å²) < 4.78 is 37.0. The number of carbonyl (C=O) groups is 1. The van der Waals surface area contributed by atoms with E-state index in [9.17, 15) is 18.0 Å². The van der Waals surface area contributed by atoms with E-state index in [4.69, 9.17) is 10.8 Å². The molecule has 0 saturated heterocycles. The largest absolute Gasteiger partial charge is 0.476 e. The molecular formula is C8H7F3N2O2. The summed E-state index contributed by atoms with van der Waals surface area (Å²) in [5, 5.41) is 8.54. The van der Waals surface area contributed by atoms with Crippen molar-refractivity contribution in [3.63, 3.8) is 0 Å². The Hall–Kier alpha value is -1.79. The normalized spacial score (nSPS) is 11.5. The Morgan fingerprint density at radius 2 is 2.07 bits per heavy atom. The molecule has 0 bridgehead atoms. The number of nitrogens with zero attached hydrogens (tertiary/aromatic N) is 1. The van der Waals surface area contributed by atoms with Gasteiger partial charge in [-0.1, -0.05) is 0 Å². The average molecular weight is 220 g/mol. The summed E-state index contributed by atoms with van der Waals surface area (Å²) >= 11 is 0. The summed E-state index contributed by atoms with van der Waals surface area (Å²) in [4.78, 5) is 13.5. The number of aromatic carboxylic acids is 1. The van der Waals surface area contributed by atoms with Gasteiger partial charge in [0.2, 0.25) is 0 Å². The van der Waals surface area contributed by atoms with Gasteiger partial charge >= 0.3 is 12.1 Å². The zero-order chi connectivity index (χ0) is 11.8. The molecule has 1 aromatic rings. The highest BCUT2D eigenvalue weighted by atomic mass is 19.4. The van der Waals surface area contributed by atoms with Crippen LogP contribution in [0.25, 0.3) is 0 Å². The number of hydrogen-bond donors (Lipinski definition) is 2. The number of hydrogen-bond acceptors (Lipinski definition) is 3. The van der Waals surface area contributed by atoms with Crippen molar-refractivity contribution >= 4 is 11.7 Å². The molecule has 4 nitrogen and oxygen atoms in total. The van der Waals surface area contributed by atoms with Crippen LogP contribution in [-0.4, -0.2) is 16.1 Å². The molecule has 1 rings (SSSR count). The molecule has 1 aromatic heterocycles. The van der Waals surface area contributed by atoms with E-state index in [0.717, 1.165) is 13.0 Å². The highest BCUT2D eigenvalue weighted by Gasteiger charge is 2.35. The summed E-state index contributed by atoms with van der Waals surface area (Å²) in [6, 6.07) is 0.944. The fourth-order valence-corrected chi connectivity index (χ4v) is 1.09. The molecule has 7 heteroatoms. The number of aryl methyl sites for hydroxylation is 1. The second-order valence-corrected chi connectivity index (χ2v) is 2.89. The van der Waals surface area contributed by atoms with E-state index in [1.807, 2.05) is 0 Å². The minimum absolute atomic E-state index is 0.204. The third kappa shape index (κ3) is 2.17. The molecule has 0 aromatic carbocycles. The van der Waals surface area contributed by atoms with E-state index < -0.39 is 23.5 Å². The molecule has 0 aliphatic heterocycles. The molecule has 1 heterocycles. The fraction of sp³-hybridized carbons (Fsp3) is 0.250.